The number of nitro benzene ring substituents is 1. The zero-order valence-electron chi connectivity index (χ0n) is 11.0. The Kier molecular flexibility index (Phi) is 3.92. The van der Waals surface area contributed by atoms with Gasteiger partial charge in [0, 0.05) is 25.2 Å². The normalized spacial score (nSPS) is 25.2. The third-order valence-corrected chi connectivity index (χ3v) is 3.70. The number of nitro groups is 1. The molecule has 0 saturated carbocycles. The molecule has 1 saturated heterocycles. The van der Waals surface area contributed by atoms with Crippen LogP contribution in [0.25, 0.3) is 0 Å². The summed E-state index contributed by atoms with van der Waals surface area (Å²) < 4.78 is 0. The summed E-state index contributed by atoms with van der Waals surface area (Å²) in [6.45, 7) is 1.70. The van der Waals surface area contributed by atoms with Crippen LogP contribution >= 0.6 is 0 Å². The highest BCUT2D eigenvalue weighted by Crippen LogP contribution is 2.29. The molecule has 102 valence electrons. The summed E-state index contributed by atoms with van der Waals surface area (Å²) in [4.78, 5) is 25.7. The third kappa shape index (κ3) is 2.64. The average molecular weight is 263 g/mol. The van der Waals surface area contributed by atoms with E-state index in [0.717, 1.165) is 24.9 Å². The summed E-state index contributed by atoms with van der Waals surface area (Å²) >= 11 is 0. The fourth-order valence-electron chi connectivity index (χ4n) is 2.53. The van der Waals surface area contributed by atoms with E-state index < -0.39 is 4.92 Å². The van der Waals surface area contributed by atoms with Crippen LogP contribution in [-0.4, -0.2) is 54.2 Å². The summed E-state index contributed by atoms with van der Waals surface area (Å²) in [7, 11) is 3.89. The van der Waals surface area contributed by atoms with Crippen molar-refractivity contribution < 1.29 is 9.72 Å². The van der Waals surface area contributed by atoms with Crippen LogP contribution in [0, 0.1) is 10.1 Å². The van der Waals surface area contributed by atoms with Crippen molar-refractivity contribution in [1.82, 2.24) is 9.80 Å². The highest BCUT2D eigenvalue weighted by atomic mass is 16.6. The second kappa shape index (κ2) is 5.46. The maximum Gasteiger partial charge on any atom is 0.269 e. The molecule has 6 heteroatoms. The van der Waals surface area contributed by atoms with Gasteiger partial charge in [-0.05, 0) is 19.7 Å². The number of aldehydes is 1. The molecule has 0 radical (unpaired) electrons. The summed E-state index contributed by atoms with van der Waals surface area (Å²) in [5.41, 5.74) is 0.995. The van der Waals surface area contributed by atoms with Gasteiger partial charge in [0.05, 0.1) is 17.0 Å². The zero-order valence-corrected chi connectivity index (χ0v) is 11.0. The van der Waals surface area contributed by atoms with E-state index in [4.69, 9.17) is 0 Å². The number of hydrogen-bond acceptors (Lipinski definition) is 5. The number of non-ortho nitro benzene ring substituents is 1. The average Bonchev–Trinajstić information content (AvgIpc) is 2.41. The van der Waals surface area contributed by atoms with Crippen LogP contribution in [0.2, 0.25) is 0 Å². The molecule has 19 heavy (non-hydrogen) atoms. The topological polar surface area (TPSA) is 66.7 Å². The van der Waals surface area contributed by atoms with E-state index in [1.54, 1.807) is 12.1 Å². The predicted octanol–water partition coefficient (Wildman–Crippen LogP) is 1.08. The minimum atomic E-state index is -0.419. The predicted molar refractivity (Wildman–Crippen MR) is 70.9 cm³/mol. The largest absolute Gasteiger partial charge is 0.302 e. The number of carbonyl (C=O) groups excluding carboxylic acids is 1. The Labute approximate surface area is 111 Å². The zero-order chi connectivity index (χ0) is 14.0. The first-order chi connectivity index (χ1) is 9.04. The number of carbonyl (C=O) groups is 1. The van der Waals surface area contributed by atoms with E-state index in [2.05, 4.69) is 4.90 Å². The quantitative estimate of drug-likeness (QED) is 0.464. The highest BCUT2D eigenvalue weighted by molar-refractivity contribution is 5.60. The van der Waals surface area contributed by atoms with E-state index in [1.807, 2.05) is 19.0 Å². The van der Waals surface area contributed by atoms with Crippen molar-refractivity contribution >= 4 is 12.0 Å². The molecule has 2 unspecified atom stereocenters. The lowest BCUT2D eigenvalue weighted by molar-refractivity contribution is -0.384. The smallest absolute Gasteiger partial charge is 0.269 e. The van der Waals surface area contributed by atoms with Gasteiger partial charge in [-0.25, -0.2) is 0 Å². The van der Waals surface area contributed by atoms with Gasteiger partial charge in [-0.1, -0.05) is 12.1 Å². The fraction of sp³-hybridized carbons (Fsp3) is 0.462. The lowest BCUT2D eigenvalue weighted by Crippen LogP contribution is -2.52. The Morgan fingerprint density at radius 3 is 2.32 bits per heavy atom. The maximum atomic E-state index is 11.3. The SMILES string of the molecule is CN1CCN(C)C(c2ccc([N+](=O)[O-])cc2)C1C=O. The summed E-state index contributed by atoms with van der Waals surface area (Å²) in [5.74, 6) is 0. The molecule has 1 fully saturated rings. The Morgan fingerprint density at radius 2 is 1.79 bits per heavy atom. The Hall–Kier alpha value is -1.79. The third-order valence-electron chi connectivity index (χ3n) is 3.70. The first kappa shape index (κ1) is 13.6. The summed E-state index contributed by atoms with van der Waals surface area (Å²) in [6.07, 6.45) is 0.946. The van der Waals surface area contributed by atoms with Crippen molar-refractivity contribution in [2.24, 2.45) is 0 Å². The first-order valence-electron chi connectivity index (χ1n) is 6.14. The molecule has 1 aliphatic rings. The molecule has 1 aliphatic heterocycles. The molecular formula is C13H17N3O3. The van der Waals surface area contributed by atoms with E-state index in [1.165, 1.54) is 12.1 Å². The minimum Gasteiger partial charge on any atom is -0.302 e. The number of likely N-dealkylation sites (N-methyl/N-ethyl adjacent to an activating group) is 2. The summed E-state index contributed by atoms with van der Waals surface area (Å²) in [5, 5.41) is 10.7. The van der Waals surface area contributed by atoms with Crippen LogP contribution in [0.5, 0.6) is 0 Å². The Bertz CT molecular complexity index is 475. The molecule has 0 amide bonds. The second-order valence-corrected chi connectivity index (χ2v) is 4.88. The standard InChI is InChI=1S/C13H17N3O3/c1-14-7-8-15(2)13(12(14)9-17)10-3-5-11(6-4-10)16(18)19/h3-6,9,12-13H,7-8H2,1-2H3. The molecule has 0 spiro atoms. The molecule has 2 rings (SSSR count). The number of nitrogens with zero attached hydrogens (tertiary/aromatic N) is 3. The Balaban J connectivity index is 2.31. The van der Waals surface area contributed by atoms with Crippen molar-refractivity contribution in [1.29, 1.82) is 0 Å². The molecule has 0 aliphatic carbocycles. The van der Waals surface area contributed by atoms with Gasteiger partial charge in [0.25, 0.3) is 5.69 Å². The van der Waals surface area contributed by atoms with Crippen molar-refractivity contribution in [2.75, 3.05) is 27.2 Å². The van der Waals surface area contributed by atoms with Gasteiger partial charge in [-0.2, -0.15) is 0 Å². The number of rotatable bonds is 3. The van der Waals surface area contributed by atoms with E-state index >= 15 is 0 Å². The molecule has 0 N–H and O–H groups in total. The molecule has 0 bridgehead atoms. The van der Waals surface area contributed by atoms with Gasteiger partial charge in [0.1, 0.15) is 6.29 Å². The van der Waals surface area contributed by atoms with Gasteiger partial charge in [0.15, 0.2) is 0 Å². The van der Waals surface area contributed by atoms with Crippen molar-refractivity contribution in [3.05, 3.63) is 39.9 Å². The molecule has 2 atom stereocenters. The summed E-state index contributed by atoms with van der Waals surface area (Å²) in [6, 6.07) is 6.15. The number of piperazine rings is 1. The van der Waals surface area contributed by atoms with Gasteiger partial charge >= 0.3 is 0 Å². The molecular weight excluding hydrogens is 246 g/mol. The molecule has 1 aromatic rings. The number of benzene rings is 1. The highest BCUT2D eigenvalue weighted by Gasteiger charge is 2.33. The molecule has 0 aromatic heterocycles. The van der Waals surface area contributed by atoms with E-state index in [0.29, 0.717) is 0 Å². The van der Waals surface area contributed by atoms with Crippen LogP contribution in [-0.2, 0) is 4.79 Å². The second-order valence-electron chi connectivity index (χ2n) is 4.88. The van der Waals surface area contributed by atoms with Crippen LogP contribution in [0.15, 0.2) is 24.3 Å². The van der Waals surface area contributed by atoms with Crippen LogP contribution in [0.4, 0.5) is 5.69 Å². The minimum absolute atomic E-state index is 0.0583. The van der Waals surface area contributed by atoms with Crippen molar-refractivity contribution in [3.63, 3.8) is 0 Å². The van der Waals surface area contributed by atoms with Gasteiger partial charge in [-0.15, -0.1) is 0 Å². The monoisotopic (exact) mass is 263 g/mol. The lowest BCUT2D eigenvalue weighted by atomic mass is 9.95. The fourth-order valence-corrected chi connectivity index (χ4v) is 2.53. The van der Waals surface area contributed by atoms with Crippen molar-refractivity contribution in [2.45, 2.75) is 12.1 Å². The van der Waals surface area contributed by atoms with Gasteiger partial charge < -0.3 is 4.79 Å². The van der Waals surface area contributed by atoms with Crippen LogP contribution in [0.3, 0.4) is 0 Å². The van der Waals surface area contributed by atoms with Crippen LogP contribution in [0.1, 0.15) is 11.6 Å². The van der Waals surface area contributed by atoms with Gasteiger partial charge in [-0.3, -0.25) is 19.9 Å². The maximum absolute atomic E-state index is 11.3. The lowest BCUT2D eigenvalue weighted by Gasteiger charge is -2.42. The van der Waals surface area contributed by atoms with Crippen molar-refractivity contribution in [3.8, 4) is 0 Å². The Morgan fingerprint density at radius 1 is 1.21 bits per heavy atom. The van der Waals surface area contributed by atoms with E-state index in [-0.39, 0.29) is 17.8 Å². The van der Waals surface area contributed by atoms with Crippen LogP contribution < -0.4 is 0 Å². The van der Waals surface area contributed by atoms with Gasteiger partial charge in [0.2, 0.25) is 0 Å². The molecule has 1 aromatic carbocycles. The number of hydrogen-bond donors (Lipinski definition) is 0. The first-order valence-corrected chi connectivity index (χ1v) is 6.14. The van der Waals surface area contributed by atoms with E-state index in [9.17, 15) is 14.9 Å². The molecule has 1 heterocycles. The molecule has 6 nitrogen and oxygen atoms in total.